The summed E-state index contributed by atoms with van der Waals surface area (Å²) in [6.45, 7) is 0.455. The van der Waals surface area contributed by atoms with Gasteiger partial charge < -0.3 is 14.4 Å². The lowest BCUT2D eigenvalue weighted by atomic mass is 10.2. The van der Waals surface area contributed by atoms with Crippen molar-refractivity contribution in [3.8, 4) is 0 Å². The van der Waals surface area contributed by atoms with Crippen LogP contribution in [0.5, 0.6) is 0 Å². The summed E-state index contributed by atoms with van der Waals surface area (Å²) in [5.74, 6) is 1.48. The first-order chi connectivity index (χ1) is 7.33. The second-order valence-corrected chi connectivity index (χ2v) is 4.42. The van der Waals surface area contributed by atoms with Crippen LogP contribution < -0.4 is 4.89 Å². The molecular formula is C11H13O3P. The average Bonchev–Trinajstić information content (AvgIpc) is 2.28. The summed E-state index contributed by atoms with van der Waals surface area (Å²) in [5.41, 5.74) is 1.05. The minimum Gasteiger partial charge on any atom is -0.629 e. The van der Waals surface area contributed by atoms with E-state index in [9.17, 15) is 9.69 Å². The molecule has 0 N–H and O–H groups in total. The van der Waals surface area contributed by atoms with Gasteiger partial charge in [-0.05, 0) is 5.56 Å². The van der Waals surface area contributed by atoms with E-state index in [-0.39, 0.29) is 12.8 Å². The van der Waals surface area contributed by atoms with E-state index in [4.69, 9.17) is 4.74 Å². The Bertz CT molecular complexity index is 322. The van der Waals surface area contributed by atoms with E-state index in [2.05, 4.69) is 0 Å². The van der Waals surface area contributed by atoms with Gasteiger partial charge in [-0.3, -0.25) is 0 Å². The van der Waals surface area contributed by atoms with Crippen molar-refractivity contribution in [2.75, 3.05) is 6.35 Å². The summed E-state index contributed by atoms with van der Waals surface area (Å²) < 4.78 is 5.25. The van der Waals surface area contributed by atoms with Crippen LogP contribution in [-0.4, -0.2) is 18.4 Å². The van der Waals surface area contributed by atoms with Crippen LogP contribution in [0.2, 0.25) is 0 Å². The summed E-state index contributed by atoms with van der Waals surface area (Å²) in [6, 6.07) is 9.68. The third-order valence-corrected chi connectivity index (χ3v) is 2.79. The van der Waals surface area contributed by atoms with Crippen molar-refractivity contribution >= 4 is 19.9 Å². The van der Waals surface area contributed by atoms with E-state index < -0.39 is 7.77 Å². The lowest BCUT2D eigenvalue weighted by Gasteiger charge is -2.01. The van der Waals surface area contributed by atoms with Gasteiger partial charge in [0.05, 0.1) is 26.6 Å². The molecule has 0 aliphatic rings. The van der Waals surface area contributed by atoms with Crippen molar-refractivity contribution in [3.63, 3.8) is 0 Å². The van der Waals surface area contributed by atoms with Crippen molar-refractivity contribution in [1.29, 1.82) is 0 Å². The highest BCUT2D eigenvalue weighted by atomic mass is 31.1. The summed E-state index contributed by atoms with van der Waals surface area (Å²) >= 11 is 0. The van der Waals surface area contributed by atoms with Crippen molar-refractivity contribution in [1.82, 2.24) is 0 Å². The van der Waals surface area contributed by atoms with Gasteiger partial charge in [0.15, 0.2) is 0 Å². The standard InChI is InChI=1S/C11H13O3P/c12-7-4-8-15(13)10-14-9-11-5-2-1-3-6-11/h1-3,5-8H,4,9-10H2. The molecule has 1 rings (SSSR count). The number of carbonyl (C=O) groups is 1. The zero-order valence-corrected chi connectivity index (χ0v) is 9.23. The lowest BCUT2D eigenvalue weighted by Crippen LogP contribution is -2.00. The molecule has 1 aromatic carbocycles. The van der Waals surface area contributed by atoms with Gasteiger partial charge in [-0.1, -0.05) is 30.3 Å². The number of benzene rings is 1. The molecule has 0 spiro atoms. The van der Waals surface area contributed by atoms with Gasteiger partial charge in [-0.2, -0.15) is 0 Å². The third-order valence-electron chi connectivity index (χ3n) is 1.74. The molecule has 4 heteroatoms. The number of hydrogen-bond donors (Lipinski definition) is 0. The fraction of sp³-hybridized carbons (Fsp3) is 0.273. The summed E-state index contributed by atoms with van der Waals surface area (Å²) in [6.07, 6.45) is 1.13. The molecule has 80 valence electrons. The van der Waals surface area contributed by atoms with Gasteiger partial charge >= 0.3 is 0 Å². The number of rotatable bonds is 6. The number of aldehydes is 1. The Morgan fingerprint density at radius 3 is 2.73 bits per heavy atom. The molecule has 0 radical (unpaired) electrons. The molecule has 0 aromatic heterocycles. The molecule has 1 unspecified atom stereocenters. The fourth-order valence-electron chi connectivity index (χ4n) is 1.04. The quantitative estimate of drug-likeness (QED) is 0.540. The largest absolute Gasteiger partial charge is 0.629 e. The molecule has 0 fully saturated rings. The first-order valence-electron chi connectivity index (χ1n) is 4.65. The van der Waals surface area contributed by atoms with Crippen LogP contribution in [0.1, 0.15) is 12.0 Å². The van der Waals surface area contributed by atoms with E-state index >= 15 is 0 Å². The molecule has 0 bridgehead atoms. The van der Waals surface area contributed by atoms with E-state index in [1.54, 1.807) is 0 Å². The van der Waals surface area contributed by atoms with Crippen LogP contribution in [0.4, 0.5) is 0 Å². The monoisotopic (exact) mass is 224 g/mol. The Morgan fingerprint density at radius 1 is 1.33 bits per heavy atom. The number of ether oxygens (including phenoxy) is 1. The SMILES string of the molecule is O=CCC=[P+]([O-])COCc1ccccc1. The van der Waals surface area contributed by atoms with Gasteiger partial charge in [-0.25, -0.2) is 0 Å². The van der Waals surface area contributed by atoms with Crippen LogP contribution in [0.25, 0.3) is 0 Å². The molecular weight excluding hydrogens is 211 g/mol. The van der Waals surface area contributed by atoms with Crippen molar-refractivity contribution in [2.24, 2.45) is 0 Å². The molecule has 1 aromatic rings. The molecule has 0 saturated carbocycles. The highest BCUT2D eigenvalue weighted by Gasteiger charge is 1.97. The molecule has 15 heavy (non-hydrogen) atoms. The molecule has 0 amide bonds. The maximum Gasteiger partial charge on any atom is 0.201 e. The van der Waals surface area contributed by atoms with E-state index in [0.717, 1.165) is 11.8 Å². The Morgan fingerprint density at radius 2 is 2.07 bits per heavy atom. The molecule has 0 aliphatic heterocycles. The van der Waals surface area contributed by atoms with Crippen LogP contribution in [0.3, 0.4) is 0 Å². The molecule has 0 saturated heterocycles. The van der Waals surface area contributed by atoms with Gasteiger partial charge in [-0.15, -0.1) is 0 Å². The second-order valence-electron chi connectivity index (χ2n) is 2.97. The maximum atomic E-state index is 11.2. The van der Waals surface area contributed by atoms with Gasteiger partial charge in [0.1, 0.15) is 6.29 Å². The number of carbonyl (C=O) groups excluding carboxylic acids is 1. The second kappa shape index (κ2) is 7.30. The zero-order valence-electron chi connectivity index (χ0n) is 8.33. The van der Waals surface area contributed by atoms with Crippen molar-refractivity contribution in [2.45, 2.75) is 13.0 Å². The normalized spacial score (nSPS) is 11.4. The average molecular weight is 224 g/mol. The summed E-state index contributed by atoms with van der Waals surface area (Å²) in [7, 11) is -1.51. The van der Waals surface area contributed by atoms with Gasteiger partial charge in [0.2, 0.25) is 6.35 Å². The Labute approximate surface area is 90.2 Å². The first-order valence-corrected chi connectivity index (χ1v) is 6.16. The van der Waals surface area contributed by atoms with E-state index in [1.807, 2.05) is 30.3 Å². The number of hydrogen-bond acceptors (Lipinski definition) is 3. The highest BCUT2D eigenvalue weighted by molar-refractivity contribution is 7.49. The predicted molar refractivity (Wildman–Crippen MR) is 59.8 cm³/mol. The smallest absolute Gasteiger partial charge is 0.201 e. The zero-order chi connectivity index (χ0) is 10.9. The Kier molecular flexibility index (Phi) is 5.86. The summed E-state index contributed by atoms with van der Waals surface area (Å²) in [4.78, 5) is 21.2. The fourth-order valence-corrected chi connectivity index (χ4v) is 1.74. The van der Waals surface area contributed by atoms with Crippen LogP contribution in [0.15, 0.2) is 30.3 Å². The third kappa shape index (κ3) is 5.43. The maximum absolute atomic E-state index is 11.2. The van der Waals surface area contributed by atoms with Crippen LogP contribution >= 0.6 is 7.77 Å². The van der Waals surface area contributed by atoms with E-state index in [1.165, 1.54) is 5.80 Å². The molecule has 3 nitrogen and oxygen atoms in total. The van der Waals surface area contributed by atoms with Gasteiger partial charge in [0, 0.05) is 0 Å². The Hall–Kier alpha value is -1.02. The predicted octanol–water partition coefficient (Wildman–Crippen LogP) is 1.31. The molecule has 0 aliphatic carbocycles. The van der Waals surface area contributed by atoms with Crippen LogP contribution in [0, 0.1) is 0 Å². The topological polar surface area (TPSA) is 49.4 Å². The van der Waals surface area contributed by atoms with Crippen molar-refractivity contribution < 1.29 is 14.4 Å². The molecule has 0 heterocycles. The lowest BCUT2D eigenvalue weighted by molar-refractivity contribution is -0.157. The first kappa shape index (κ1) is 12.1. The highest BCUT2D eigenvalue weighted by Crippen LogP contribution is 2.11. The van der Waals surface area contributed by atoms with Gasteiger partial charge in [0.25, 0.3) is 0 Å². The van der Waals surface area contributed by atoms with Crippen LogP contribution in [-0.2, 0) is 16.1 Å². The van der Waals surface area contributed by atoms with E-state index in [0.29, 0.717) is 6.61 Å². The minimum atomic E-state index is -1.51. The van der Waals surface area contributed by atoms with Crippen molar-refractivity contribution in [3.05, 3.63) is 35.9 Å². The Balaban J connectivity index is 2.24. The summed E-state index contributed by atoms with van der Waals surface area (Å²) in [5, 5.41) is 0. The molecule has 1 atom stereocenters. The minimum absolute atomic E-state index is 0.179.